The minimum atomic E-state index is -4.67. The van der Waals surface area contributed by atoms with Gasteiger partial charge >= 0.3 is 45.9 Å². The van der Waals surface area contributed by atoms with Gasteiger partial charge in [0.2, 0.25) is 0 Å². The molecule has 0 aromatic carbocycles. The minimum absolute atomic E-state index is 0. The van der Waals surface area contributed by atoms with Gasteiger partial charge in [0.25, 0.3) is 0 Å². The predicted molar refractivity (Wildman–Crippen MR) is 121 cm³/mol. The van der Waals surface area contributed by atoms with Gasteiger partial charge in [-0.25, -0.2) is 0 Å². The van der Waals surface area contributed by atoms with Gasteiger partial charge in [0.1, 0.15) is 0 Å². The second-order valence-electron chi connectivity index (χ2n) is 7.64. The van der Waals surface area contributed by atoms with Crippen molar-refractivity contribution in [1.82, 2.24) is 0 Å². The second-order valence-corrected chi connectivity index (χ2v) is 8.54. The van der Waals surface area contributed by atoms with E-state index >= 15 is 0 Å². The quantitative estimate of drug-likeness (QED) is 0.123. The molecule has 3 N–H and O–H groups in total. The summed E-state index contributed by atoms with van der Waals surface area (Å²) in [5, 5.41) is 9.19. The SMILES string of the molecule is CCCCCCCC/C=C\CCCCCCC(CCCC)C(=O)O.O=S(=O)(O)O.[H-].[Na+]. The maximum Gasteiger partial charge on any atom is 1.00 e. The van der Waals surface area contributed by atoms with Gasteiger partial charge in [0.15, 0.2) is 0 Å². The Hall–Kier alpha value is 0.0800. The summed E-state index contributed by atoms with van der Waals surface area (Å²) < 4.78 is 31.6. The van der Waals surface area contributed by atoms with Crippen LogP contribution >= 0.6 is 0 Å². The van der Waals surface area contributed by atoms with Crippen LogP contribution < -0.4 is 29.6 Å². The van der Waals surface area contributed by atoms with Crippen molar-refractivity contribution in [3.8, 4) is 0 Å². The second kappa shape index (κ2) is 25.3. The van der Waals surface area contributed by atoms with Gasteiger partial charge in [0.05, 0.1) is 5.92 Å². The van der Waals surface area contributed by atoms with Gasteiger partial charge in [-0.2, -0.15) is 8.42 Å². The molecule has 0 heterocycles. The Morgan fingerprint density at radius 3 is 1.57 bits per heavy atom. The zero-order chi connectivity index (χ0) is 22.4. The van der Waals surface area contributed by atoms with Gasteiger partial charge in [0, 0.05) is 0 Å². The van der Waals surface area contributed by atoms with Crippen molar-refractivity contribution in [2.24, 2.45) is 5.92 Å². The zero-order valence-electron chi connectivity index (χ0n) is 20.5. The van der Waals surface area contributed by atoms with E-state index in [2.05, 4.69) is 26.0 Å². The molecule has 0 aliphatic rings. The third-order valence-corrected chi connectivity index (χ3v) is 4.82. The number of carboxylic acids is 1. The van der Waals surface area contributed by atoms with Gasteiger partial charge in [-0.05, 0) is 38.5 Å². The molecule has 0 aromatic heterocycles. The average Bonchev–Trinajstić information content (AvgIpc) is 2.62. The number of unbranched alkanes of at least 4 members (excludes halogenated alkanes) is 11. The largest absolute Gasteiger partial charge is 1.00 e. The van der Waals surface area contributed by atoms with Crippen LogP contribution in [0, 0.1) is 5.92 Å². The van der Waals surface area contributed by atoms with Crippen molar-refractivity contribution in [3.63, 3.8) is 0 Å². The first-order valence-electron chi connectivity index (χ1n) is 11.3. The van der Waals surface area contributed by atoms with Crippen LogP contribution in [0.5, 0.6) is 0 Å². The van der Waals surface area contributed by atoms with Crippen LogP contribution in [0.25, 0.3) is 0 Å². The van der Waals surface area contributed by atoms with Crippen LogP contribution in [0.3, 0.4) is 0 Å². The van der Waals surface area contributed by atoms with Crippen molar-refractivity contribution in [1.29, 1.82) is 0 Å². The molecule has 176 valence electrons. The summed E-state index contributed by atoms with van der Waals surface area (Å²) >= 11 is 0. The maximum atomic E-state index is 11.2. The molecular formula is C22H45NaO6S. The monoisotopic (exact) mass is 460 g/mol. The molecular weight excluding hydrogens is 415 g/mol. The van der Waals surface area contributed by atoms with E-state index in [1.807, 2.05) is 0 Å². The topological polar surface area (TPSA) is 112 Å². The summed E-state index contributed by atoms with van der Waals surface area (Å²) in [5.74, 6) is -0.705. The Kier molecular flexibility index (Phi) is 29.3. The van der Waals surface area contributed by atoms with Crippen LogP contribution in [-0.2, 0) is 15.2 Å². The molecule has 0 rings (SSSR count). The van der Waals surface area contributed by atoms with E-state index in [1.54, 1.807) is 0 Å². The van der Waals surface area contributed by atoms with E-state index < -0.39 is 16.4 Å². The molecule has 1 unspecified atom stereocenters. The maximum absolute atomic E-state index is 11.2. The number of rotatable bonds is 18. The third kappa shape index (κ3) is 35.5. The standard InChI is InChI=1S/C22H42O2.Na.H2O4S.H/c1-3-5-7-8-9-10-11-12-13-14-15-16-17-18-20-21(22(23)24)19-6-4-2;;1-5(2,3)4;/h12-13,21H,3-11,14-20H2,1-2H3,(H,23,24);;(H2,1,2,3,4);/q;+1;;-1/b13-12-;;;. The van der Waals surface area contributed by atoms with E-state index in [1.165, 1.54) is 70.6 Å². The average molecular weight is 461 g/mol. The van der Waals surface area contributed by atoms with Crippen LogP contribution in [0.15, 0.2) is 12.2 Å². The van der Waals surface area contributed by atoms with E-state index in [4.69, 9.17) is 17.5 Å². The molecule has 0 aliphatic heterocycles. The number of hydrogen-bond donors (Lipinski definition) is 3. The van der Waals surface area contributed by atoms with Gasteiger partial charge < -0.3 is 6.53 Å². The Bertz CT molecular complexity index is 492. The van der Waals surface area contributed by atoms with Crippen LogP contribution in [0.2, 0.25) is 0 Å². The molecule has 0 bridgehead atoms. The smallest absolute Gasteiger partial charge is 1.00 e. The Morgan fingerprint density at radius 2 is 1.13 bits per heavy atom. The molecule has 0 fully saturated rings. The summed E-state index contributed by atoms with van der Waals surface area (Å²) in [4.78, 5) is 11.2. The van der Waals surface area contributed by atoms with E-state index in [9.17, 15) is 9.90 Å². The summed E-state index contributed by atoms with van der Waals surface area (Å²) in [5.41, 5.74) is 0. The molecule has 1 atom stereocenters. The number of hydrogen-bond acceptors (Lipinski definition) is 3. The molecule has 6 nitrogen and oxygen atoms in total. The van der Waals surface area contributed by atoms with Gasteiger partial charge in [-0.1, -0.05) is 90.2 Å². The summed E-state index contributed by atoms with van der Waals surface area (Å²) in [6, 6.07) is 0. The molecule has 0 saturated heterocycles. The normalized spacial score (nSPS) is 12.1. The molecule has 0 radical (unpaired) electrons. The minimum Gasteiger partial charge on any atom is -1.00 e. The number of aliphatic carboxylic acids is 1. The molecule has 8 heteroatoms. The first-order valence-corrected chi connectivity index (χ1v) is 12.7. The molecule has 0 amide bonds. The van der Waals surface area contributed by atoms with Crippen molar-refractivity contribution in [2.75, 3.05) is 0 Å². The van der Waals surface area contributed by atoms with E-state index in [-0.39, 0.29) is 36.9 Å². The molecule has 0 saturated carbocycles. The van der Waals surface area contributed by atoms with Gasteiger partial charge in [-0.15, -0.1) is 0 Å². The summed E-state index contributed by atoms with van der Waals surface area (Å²) in [6.07, 6.45) is 24.0. The fourth-order valence-corrected chi connectivity index (χ4v) is 3.13. The number of carbonyl (C=O) groups is 1. The fraction of sp³-hybridized carbons (Fsp3) is 0.864. The van der Waals surface area contributed by atoms with Crippen molar-refractivity contribution >= 4 is 16.4 Å². The third-order valence-electron chi connectivity index (χ3n) is 4.82. The summed E-state index contributed by atoms with van der Waals surface area (Å²) in [7, 11) is -4.67. The van der Waals surface area contributed by atoms with Crippen LogP contribution in [0.4, 0.5) is 0 Å². The molecule has 0 spiro atoms. The van der Waals surface area contributed by atoms with Crippen molar-refractivity contribution in [2.45, 2.75) is 117 Å². The predicted octanol–water partition coefficient (Wildman–Crippen LogP) is 3.99. The van der Waals surface area contributed by atoms with Crippen molar-refractivity contribution in [3.05, 3.63) is 12.2 Å². The Labute approximate surface area is 208 Å². The molecule has 0 aromatic rings. The number of carboxylic acid groups (broad SMARTS) is 1. The Morgan fingerprint density at radius 1 is 0.767 bits per heavy atom. The van der Waals surface area contributed by atoms with Crippen LogP contribution in [0.1, 0.15) is 118 Å². The van der Waals surface area contributed by atoms with E-state index in [0.29, 0.717) is 0 Å². The van der Waals surface area contributed by atoms with Crippen LogP contribution in [-0.4, -0.2) is 28.6 Å². The Balaban J connectivity index is -0.000000464. The van der Waals surface area contributed by atoms with E-state index in [0.717, 1.165) is 32.1 Å². The molecule has 30 heavy (non-hydrogen) atoms. The first-order chi connectivity index (χ1) is 13.7. The summed E-state index contributed by atoms with van der Waals surface area (Å²) in [6.45, 7) is 4.39. The number of allylic oxidation sites excluding steroid dienone is 2. The zero-order valence-corrected chi connectivity index (χ0v) is 22.3. The van der Waals surface area contributed by atoms with Gasteiger partial charge in [-0.3, -0.25) is 13.9 Å². The molecule has 0 aliphatic carbocycles. The first kappa shape index (κ1) is 34.7. The fourth-order valence-electron chi connectivity index (χ4n) is 3.13. The van der Waals surface area contributed by atoms with Crippen molar-refractivity contribution < 1.29 is 58.4 Å².